The van der Waals surface area contributed by atoms with Crippen LogP contribution < -0.4 is 14.8 Å². The van der Waals surface area contributed by atoms with Crippen molar-refractivity contribution in [1.82, 2.24) is 0 Å². The van der Waals surface area contributed by atoms with Crippen LogP contribution in [-0.2, 0) is 29.0 Å². The Hall–Kier alpha value is -5.65. The first kappa shape index (κ1) is 45.4. The van der Waals surface area contributed by atoms with Crippen molar-refractivity contribution >= 4 is 28.3 Å². The molecule has 6 atom stereocenters. The number of aliphatic hydroxyl groups excluding tert-OH is 2. The molecule has 8 nitrogen and oxygen atoms in total. The number of methoxy groups -OCH3 is 1. The Labute approximate surface area is 374 Å². The smallest absolute Gasteiger partial charge is 0.161 e. The number of aromatic hydroxyl groups is 1. The van der Waals surface area contributed by atoms with Crippen molar-refractivity contribution in [3.8, 4) is 29.3 Å². The van der Waals surface area contributed by atoms with Gasteiger partial charge in [0.15, 0.2) is 11.5 Å². The number of ether oxygens (including phenoxy) is 3. The van der Waals surface area contributed by atoms with E-state index in [9.17, 15) is 20.1 Å². The summed E-state index contributed by atoms with van der Waals surface area (Å²) in [7, 11) is 1.64. The fourth-order valence-electron chi connectivity index (χ4n) is 9.48. The quantitative estimate of drug-likeness (QED) is 0.0690. The van der Waals surface area contributed by atoms with Gasteiger partial charge in [-0.3, -0.25) is 4.79 Å². The molecule has 2 aliphatic carbocycles. The number of anilines is 1. The van der Waals surface area contributed by atoms with Gasteiger partial charge in [0, 0.05) is 36.6 Å². The lowest BCUT2D eigenvalue weighted by molar-refractivity contribution is -0.121. The first-order valence-electron chi connectivity index (χ1n) is 23.2. The summed E-state index contributed by atoms with van der Waals surface area (Å²) in [4.78, 5) is 13.9. The second kappa shape index (κ2) is 21.6. The molecule has 0 aromatic heterocycles. The number of carbonyl (C=O) groups excluding carboxylic acids is 1. The van der Waals surface area contributed by atoms with Crippen LogP contribution in [0.4, 0.5) is 5.69 Å². The molecule has 0 saturated carbocycles. The first-order chi connectivity index (χ1) is 30.6. The molecule has 2 heterocycles. The maximum absolute atomic E-state index is 13.9. The zero-order valence-corrected chi connectivity index (χ0v) is 37.5. The molecule has 0 spiro atoms. The predicted molar refractivity (Wildman–Crippen MR) is 253 cm³/mol. The van der Waals surface area contributed by atoms with Crippen LogP contribution in [0.15, 0.2) is 90.7 Å². The summed E-state index contributed by atoms with van der Waals surface area (Å²) in [5, 5.41) is 37.7. The summed E-state index contributed by atoms with van der Waals surface area (Å²) in [6.45, 7) is 6.95. The van der Waals surface area contributed by atoms with E-state index >= 15 is 0 Å². The fraction of sp³-hybridized carbons (Fsp3) is 0.436. The number of fused-ring (bicyclic) bond motifs is 9. The van der Waals surface area contributed by atoms with Crippen LogP contribution >= 0.6 is 0 Å². The number of carbonyl (C=O) groups is 1. The molecule has 332 valence electrons. The maximum atomic E-state index is 13.9. The lowest BCUT2D eigenvalue weighted by Crippen LogP contribution is -2.24. The van der Waals surface area contributed by atoms with Crippen LogP contribution in [-0.4, -0.2) is 47.0 Å². The summed E-state index contributed by atoms with van der Waals surface area (Å²) in [5.74, 6) is 5.21. The van der Waals surface area contributed by atoms with E-state index in [1.807, 2.05) is 36.4 Å². The minimum atomic E-state index is -0.503. The van der Waals surface area contributed by atoms with Crippen LogP contribution in [0.5, 0.6) is 17.2 Å². The average molecular weight is 852 g/mol. The first-order valence-corrected chi connectivity index (χ1v) is 23.2. The second-order valence-corrected chi connectivity index (χ2v) is 17.8. The monoisotopic (exact) mass is 851 g/mol. The SMILES string of the molecule is CCCCCC1C#COC(CC2C=C(O)C=CC2CCCCc2cccc(NCC(C)O)c2)CC(=O)CCc2ccc(OC)c(c2)OCc2ccc3c1c(O)cc1c3c2C=CC1C. The standard InChI is InChI=1S/C55H65NO7/c1-5-6-7-14-41-26-27-62-47(31-43-30-45(58)22-19-40(43)13-9-8-11-38-12-10-15-44(28-38)56-34-37(3)57)32-46(59)21-17-39-18-25-52(61-4)53(29-39)63-35-42-20-24-49-54(41)51(60)33-50-36(2)16-23-48(42)55(49)50/h10,12,15-16,18-20,22-25,28-30,33,36-37,40-41,43,47,56-58,60H,5-9,11,13-14,17,21,31-32,34-35H2,1-4H3. The highest BCUT2D eigenvalue weighted by molar-refractivity contribution is 6.00. The number of aryl methyl sites for hydroxylation is 2. The van der Waals surface area contributed by atoms with Crippen LogP contribution in [0.25, 0.3) is 16.8 Å². The summed E-state index contributed by atoms with van der Waals surface area (Å²) < 4.78 is 18.7. The van der Waals surface area contributed by atoms with E-state index in [2.05, 4.69) is 79.8 Å². The zero-order chi connectivity index (χ0) is 44.3. The van der Waals surface area contributed by atoms with Gasteiger partial charge in [-0.1, -0.05) is 94.0 Å². The molecule has 4 aromatic carbocycles. The van der Waals surface area contributed by atoms with Crippen molar-refractivity contribution in [3.05, 3.63) is 124 Å². The average Bonchev–Trinajstić information content (AvgIpc) is 3.27. The van der Waals surface area contributed by atoms with Crippen molar-refractivity contribution in [2.24, 2.45) is 11.8 Å². The number of hydrogen-bond donors (Lipinski definition) is 4. The lowest BCUT2D eigenvalue weighted by Gasteiger charge is -2.28. The van der Waals surface area contributed by atoms with Crippen molar-refractivity contribution in [1.29, 1.82) is 0 Å². The van der Waals surface area contributed by atoms with E-state index in [1.54, 1.807) is 20.1 Å². The van der Waals surface area contributed by atoms with Gasteiger partial charge in [-0.2, -0.15) is 0 Å². The number of unbranched alkanes of at least 4 members (excludes halogenated alkanes) is 3. The molecule has 0 fully saturated rings. The van der Waals surface area contributed by atoms with Crippen LogP contribution in [0.1, 0.15) is 130 Å². The number of allylic oxidation sites excluding steroid dienone is 4. The number of ketones is 1. The highest BCUT2D eigenvalue weighted by Gasteiger charge is 2.28. The largest absolute Gasteiger partial charge is 0.508 e. The van der Waals surface area contributed by atoms with Gasteiger partial charge in [-0.05, 0) is 138 Å². The van der Waals surface area contributed by atoms with Gasteiger partial charge in [0.2, 0.25) is 0 Å². The molecule has 0 saturated heterocycles. The summed E-state index contributed by atoms with van der Waals surface area (Å²) >= 11 is 0. The highest BCUT2D eigenvalue weighted by atomic mass is 16.5. The van der Waals surface area contributed by atoms with Crippen LogP contribution in [0.2, 0.25) is 0 Å². The molecule has 4 aliphatic rings. The van der Waals surface area contributed by atoms with E-state index in [4.69, 9.17) is 14.2 Å². The molecule has 0 amide bonds. The molecule has 63 heavy (non-hydrogen) atoms. The van der Waals surface area contributed by atoms with Crippen molar-refractivity contribution in [3.63, 3.8) is 0 Å². The van der Waals surface area contributed by atoms with Gasteiger partial charge in [-0.15, -0.1) is 0 Å². The summed E-state index contributed by atoms with van der Waals surface area (Å²) in [5.41, 5.74) is 7.25. The Balaban J connectivity index is 1.17. The van der Waals surface area contributed by atoms with Crippen molar-refractivity contribution < 1.29 is 34.3 Å². The number of phenolic OH excluding ortho intramolecular Hbond substituents is 1. The summed E-state index contributed by atoms with van der Waals surface area (Å²) in [6, 6.07) is 20.4. The van der Waals surface area contributed by atoms with E-state index < -0.39 is 12.2 Å². The molecular formula is C55H65NO7. The molecule has 4 aromatic rings. The zero-order valence-electron chi connectivity index (χ0n) is 37.5. The number of aliphatic hydroxyl groups is 2. The number of phenols is 1. The molecular weight excluding hydrogens is 787 g/mol. The van der Waals surface area contributed by atoms with Crippen molar-refractivity contribution in [2.45, 2.75) is 128 Å². The van der Waals surface area contributed by atoms with Gasteiger partial charge in [0.05, 0.1) is 19.1 Å². The van der Waals surface area contributed by atoms with Gasteiger partial charge >= 0.3 is 0 Å². The maximum Gasteiger partial charge on any atom is 0.161 e. The Kier molecular flexibility index (Phi) is 15.6. The number of hydrogen-bond acceptors (Lipinski definition) is 8. The summed E-state index contributed by atoms with van der Waals surface area (Å²) in [6.07, 6.45) is 21.6. The van der Waals surface area contributed by atoms with E-state index in [0.29, 0.717) is 43.9 Å². The number of nitrogens with one attached hydrogen (secondary N) is 1. The number of rotatable bonds is 15. The topological polar surface area (TPSA) is 117 Å². The minimum Gasteiger partial charge on any atom is -0.508 e. The molecule has 6 unspecified atom stereocenters. The molecule has 8 rings (SSSR count). The second-order valence-electron chi connectivity index (χ2n) is 17.8. The third-order valence-corrected chi connectivity index (χ3v) is 13.0. The predicted octanol–water partition coefficient (Wildman–Crippen LogP) is 12.0. The van der Waals surface area contributed by atoms with Crippen molar-refractivity contribution in [2.75, 3.05) is 19.0 Å². The lowest BCUT2D eigenvalue weighted by atomic mass is 9.80. The van der Waals surface area contributed by atoms with Gasteiger partial charge in [0.25, 0.3) is 0 Å². The number of benzene rings is 4. The van der Waals surface area contributed by atoms with E-state index in [-0.39, 0.29) is 47.4 Å². The van der Waals surface area contributed by atoms with Gasteiger partial charge in [0.1, 0.15) is 36.1 Å². The Morgan fingerprint density at radius 1 is 0.952 bits per heavy atom. The molecule has 8 heteroatoms. The van der Waals surface area contributed by atoms with Crippen LogP contribution in [0, 0.1) is 23.9 Å². The molecule has 2 aliphatic heterocycles. The Morgan fingerprint density at radius 2 is 1.81 bits per heavy atom. The van der Waals surface area contributed by atoms with E-state index in [0.717, 1.165) is 95.6 Å². The van der Waals surface area contributed by atoms with Gasteiger partial charge in [-0.25, -0.2) is 0 Å². The Morgan fingerprint density at radius 3 is 2.63 bits per heavy atom. The molecule has 0 radical (unpaired) electrons. The third kappa shape index (κ3) is 11.7. The molecule has 6 bridgehead atoms. The van der Waals surface area contributed by atoms with Crippen LogP contribution in [0.3, 0.4) is 0 Å². The fourth-order valence-corrected chi connectivity index (χ4v) is 9.48. The molecule has 4 N–H and O–H groups in total. The van der Waals surface area contributed by atoms with Gasteiger partial charge < -0.3 is 34.8 Å². The third-order valence-electron chi connectivity index (χ3n) is 13.0. The highest BCUT2D eigenvalue weighted by Crippen LogP contribution is 2.45. The number of Topliss-reactive ketones (excluding diaryl/α,β-unsaturated/α-hetero) is 1. The normalized spacial score (nSPS) is 21.3. The minimum absolute atomic E-state index is 0.0420. The Bertz CT molecular complexity index is 2380. The van der Waals surface area contributed by atoms with E-state index in [1.165, 1.54) is 5.56 Å².